The first kappa shape index (κ1) is 26.8. The van der Waals surface area contributed by atoms with Crippen molar-refractivity contribution in [1.82, 2.24) is 0 Å². The predicted octanol–water partition coefficient (Wildman–Crippen LogP) is 7.26. The van der Waals surface area contributed by atoms with E-state index in [0.717, 1.165) is 51.1 Å². The third-order valence-electron chi connectivity index (χ3n) is 5.49. The van der Waals surface area contributed by atoms with Crippen LogP contribution < -0.4 is 18.9 Å². The van der Waals surface area contributed by atoms with Crippen molar-refractivity contribution in [2.45, 2.75) is 65.0 Å². The van der Waals surface area contributed by atoms with Crippen LogP contribution in [0.2, 0.25) is 0 Å². The summed E-state index contributed by atoms with van der Waals surface area (Å²) in [6.45, 7) is 4.24. The molecule has 0 spiro atoms. The van der Waals surface area contributed by atoms with Crippen molar-refractivity contribution in [3.05, 3.63) is 83.9 Å². The molecule has 0 aromatic heterocycles. The Morgan fingerprint density at radius 3 is 1.33 bits per heavy atom. The van der Waals surface area contributed by atoms with E-state index < -0.39 is 12.6 Å². The van der Waals surface area contributed by atoms with Crippen LogP contribution >= 0.6 is 0 Å². The highest BCUT2D eigenvalue weighted by atomic mass is 16.7. The maximum Gasteiger partial charge on any atom is 0.241 e. The predicted molar refractivity (Wildman–Crippen MR) is 139 cm³/mol. The summed E-state index contributed by atoms with van der Waals surface area (Å²) in [5.41, 5.74) is 1.19. The zero-order valence-corrected chi connectivity index (χ0v) is 20.9. The van der Waals surface area contributed by atoms with Gasteiger partial charge in [-0.1, -0.05) is 32.8 Å². The van der Waals surface area contributed by atoms with Crippen LogP contribution in [0, 0.1) is 0 Å². The van der Waals surface area contributed by atoms with Crippen molar-refractivity contribution in [2.75, 3.05) is 0 Å². The highest BCUT2D eigenvalue weighted by Gasteiger charge is 2.16. The highest BCUT2D eigenvalue weighted by molar-refractivity contribution is 5.75. The zero-order chi connectivity index (χ0) is 25.6. The Balaban J connectivity index is 1.68. The molecule has 0 saturated heterocycles. The first-order valence-corrected chi connectivity index (χ1v) is 12.5. The van der Waals surface area contributed by atoms with Gasteiger partial charge in [-0.2, -0.15) is 0 Å². The summed E-state index contributed by atoms with van der Waals surface area (Å²) in [7, 11) is 0. The lowest BCUT2D eigenvalue weighted by Gasteiger charge is -2.23. The molecule has 0 heterocycles. The Hall–Kier alpha value is -3.80. The zero-order valence-electron chi connectivity index (χ0n) is 20.9. The summed E-state index contributed by atoms with van der Waals surface area (Å²) in [5.74, 6) is 2.54. The molecule has 0 amide bonds. The summed E-state index contributed by atoms with van der Waals surface area (Å²) < 4.78 is 24.5. The average Bonchev–Trinajstić information content (AvgIpc) is 2.91. The van der Waals surface area contributed by atoms with Crippen LogP contribution in [0.1, 0.15) is 73.1 Å². The van der Waals surface area contributed by atoms with Gasteiger partial charge in [0.15, 0.2) is 0 Å². The Bertz CT molecular complexity index is 979. The van der Waals surface area contributed by atoms with Gasteiger partial charge in [0, 0.05) is 30.0 Å². The smallest absolute Gasteiger partial charge is 0.241 e. The standard InChI is InChI=1S/C30H34O6/c1-3-5-10-29(33-25-16-12-23(21-31)13-17-25)35-27-8-7-9-28(20-27)36-30(11-6-4-2)34-26-18-14-24(22-32)15-19-26/h7-9,12-22,29-30H,3-6,10-11H2,1-2H3. The van der Waals surface area contributed by atoms with Gasteiger partial charge < -0.3 is 18.9 Å². The number of ether oxygens (including phenoxy) is 4. The Morgan fingerprint density at radius 2 is 0.972 bits per heavy atom. The first-order chi connectivity index (χ1) is 17.6. The molecule has 3 aromatic carbocycles. The van der Waals surface area contributed by atoms with E-state index in [1.54, 1.807) is 48.5 Å². The second-order valence-electron chi connectivity index (χ2n) is 8.46. The second kappa shape index (κ2) is 14.6. The van der Waals surface area contributed by atoms with E-state index in [2.05, 4.69) is 13.8 Å². The van der Waals surface area contributed by atoms with E-state index in [4.69, 9.17) is 18.9 Å². The van der Waals surface area contributed by atoms with E-state index in [9.17, 15) is 9.59 Å². The van der Waals surface area contributed by atoms with E-state index in [0.29, 0.717) is 34.1 Å². The van der Waals surface area contributed by atoms with Gasteiger partial charge >= 0.3 is 0 Å². The number of aldehydes is 2. The van der Waals surface area contributed by atoms with Gasteiger partial charge in [0.25, 0.3) is 0 Å². The summed E-state index contributed by atoms with van der Waals surface area (Å²) in [5, 5.41) is 0. The number of hydrogen-bond donors (Lipinski definition) is 0. The van der Waals surface area contributed by atoms with Crippen molar-refractivity contribution in [2.24, 2.45) is 0 Å². The minimum Gasteiger partial charge on any atom is -0.455 e. The molecule has 2 atom stereocenters. The summed E-state index contributed by atoms with van der Waals surface area (Å²) in [4.78, 5) is 21.8. The van der Waals surface area contributed by atoms with Crippen molar-refractivity contribution in [3.8, 4) is 23.0 Å². The number of carbonyl (C=O) groups excluding carboxylic acids is 2. The van der Waals surface area contributed by atoms with Gasteiger partial charge in [-0.25, -0.2) is 0 Å². The van der Waals surface area contributed by atoms with Gasteiger partial charge in [0.1, 0.15) is 35.6 Å². The fourth-order valence-corrected chi connectivity index (χ4v) is 3.50. The molecule has 0 radical (unpaired) electrons. The number of hydrogen-bond acceptors (Lipinski definition) is 6. The molecule has 3 rings (SSSR count). The quantitative estimate of drug-likeness (QED) is 0.155. The van der Waals surface area contributed by atoms with Crippen LogP contribution in [0.25, 0.3) is 0 Å². The fraction of sp³-hybridized carbons (Fsp3) is 0.333. The molecule has 6 nitrogen and oxygen atoms in total. The van der Waals surface area contributed by atoms with Crippen molar-refractivity contribution in [1.29, 1.82) is 0 Å². The number of benzene rings is 3. The van der Waals surface area contributed by atoms with Gasteiger partial charge in [-0.05, 0) is 73.5 Å². The lowest BCUT2D eigenvalue weighted by molar-refractivity contribution is -0.00725. The molecule has 3 aromatic rings. The molecule has 0 bridgehead atoms. The summed E-state index contributed by atoms with van der Waals surface area (Å²) in [6, 6.07) is 21.4. The molecule has 2 unspecified atom stereocenters. The van der Waals surface area contributed by atoms with Crippen LogP contribution in [0.5, 0.6) is 23.0 Å². The first-order valence-electron chi connectivity index (χ1n) is 12.5. The molecule has 0 aliphatic heterocycles. The molecular weight excluding hydrogens is 456 g/mol. The van der Waals surface area contributed by atoms with Crippen LogP contribution in [-0.4, -0.2) is 25.2 Å². The van der Waals surface area contributed by atoms with Gasteiger partial charge in [0.2, 0.25) is 12.6 Å². The Labute approximate surface area is 213 Å². The van der Waals surface area contributed by atoms with Crippen molar-refractivity contribution in [3.63, 3.8) is 0 Å². The van der Waals surface area contributed by atoms with E-state index in [-0.39, 0.29) is 0 Å². The van der Waals surface area contributed by atoms with Gasteiger partial charge in [-0.15, -0.1) is 0 Å². The lowest BCUT2D eigenvalue weighted by Crippen LogP contribution is -2.25. The monoisotopic (exact) mass is 490 g/mol. The largest absolute Gasteiger partial charge is 0.455 e. The second-order valence-corrected chi connectivity index (χ2v) is 8.46. The average molecular weight is 491 g/mol. The third kappa shape index (κ3) is 8.77. The molecule has 0 saturated carbocycles. The van der Waals surface area contributed by atoms with E-state index in [1.807, 2.05) is 24.3 Å². The molecule has 190 valence electrons. The minimum absolute atomic E-state index is 0.481. The van der Waals surface area contributed by atoms with Gasteiger partial charge in [-0.3, -0.25) is 9.59 Å². The molecule has 0 N–H and O–H groups in total. The van der Waals surface area contributed by atoms with Gasteiger partial charge in [0.05, 0.1) is 0 Å². The maximum absolute atomic E-state index is 10.9. The molecule has 6 heteroatoms. The van der Waals surface area contributed by atoms with Crippen LogP contribution in [-0.2, 0) is 0 Å². The molecule has 0 aliphatic carbocycles. The molecular formula is C30H34O6. The third-order valence-corrected chi connectivity index (χ3v) is 5.49. The summed E-state index contributed by atoms with van der Waals surface area (Å²) >= 11 is 0. The molecule has 36 heavy (non-hydrogen) atoms. The SMILES string of the molecule is CCCCC(Oc1ccc(C=O)cc1)Oc1cccc(OC(CCCC)Oc2ccc(C=O)cc2)c1. The van der Waals surface area contributed by atoms with Crippen LogP contribution in [0.15, 0.2) is 72.8 Å². The number of carbonyl (C=O) groups is 2. The number of rotatable bonds is 16. The minimum atomic E-state index is -0.481. The fourth-order valence-electron chi connectivity index (χ4n) is 3.50. The number of unbranched alkanes of at least 4 members (excludes halogenated alkanes) is 2. The van der Waals surface area contributed by atoms with Crippen molar-refractivity contribution < 1.29 is 28.5 Å². The van der Waals surface area contributed by atoms with E-state index in [1.165, 1.54) is 0 Å². The Kier molecular flexibility index (Phi) is 10.8. The lowest BCUT2D eigenvalue weighted by atomic mass is 10.2. The highest BCUT2D eigenvalue weighted by Crippen LogP contribution is 2.26. The summed E-state index contributed by atoms with van der Waals surface area (Å²) in [6.07, 6.45) is 6.01. The van der Waals surface area contributed by atoms with E-state index >= 15 is 0 Å². The molecule has 0 fully saturated rings. The van der Waals surface area contributed by atoms with Crippen molar-refractivity contribution >= 4 is 12.6 Å². The normalized spacial score (nSPS) is 12.3. The Morgan fingerprint density at radius 1 is 0.583 bits per heavy atom. The maximum atomic E-state index is 10.9. The molecule has 0 aliphatic rings. The van der Waals surface area contributed by atoms with Crippen LogP contribution in [0.4, 0.5) is 0 Å². The topological polar surface area (TPSA) is 71.1 Å². The van der Waals surface area contributed by atoms with Crippen LogP contribution in [0.3, 0.4) is 0 Å².